The number of nitrogens with one attached hydrogen (secondary N) is 1. The van der Waals surface area contributed by atoms with Crippen LogP contribution in [-0.2, 0) is 23.6 Å². The van der Waals surface area contributed by atoms with Crippen LogP contribution in [-0.4, -0.2) is 11.8 Å². The Balaban J connectivity index is 0. The molecule has 1 aliphatic rings. The summed E-state index contributed by atoms with van der Waals surface area (Å²) in [6.07, 6.45) is 2.57. The Morgan fingerprint density at radius 1 is 1.44 bits per heavy atom. The Labute approximate surface area is 116 Å². The average Bonchev–Trinajstić information content (AvgIpc) is 2.24. The topological polar surface area (TPSA) is 40.9 Å². The van der Waals surface area contributed by atoms with Crippen molar-refractivity contribution in [2.24, 2.45) is 17.8 Å². The molecular formula is C12H22ClNOPt-3. The molecule has 4 heteroatoms. The number of rotatable bonds is 2. The molecular weight excluding hydrogens is 405 g/mol. The van der Waals surface area contributed by atoms with Crippen molar-refractivity contribution >= 4 is 15.2 Å². The fourth-order valence-corrected chi connectivity index (χ4v) is 1.99. The molecule has 0 aliphatic heterocycles. The molecule has 1 saturated carbocycles. The summed E-state index contributed by atoms with van der Waals surface area (Å²) in [7, 11) is 4.61. The van der Waals surface area contributed by atoms with Crippen molar-refractivity contribution in [3.8, 4) is 0 Å². The van der Waals surface area contributed by atoms with Gasteiger partial charge in [0.25, 0.3) is 0 Å². The Hall–Kier alpha value is 0.608. The van der Waals surface area contributed by atoms with E-state index in [0.717, 1.165) is 19.3 Å². The zero-order valence-corrected chi connectivity index (χ0v) is 13.3. The number of halogens is 1. The van der Waals surface area contributed by atoms with Gasteiger partial charge in [-0.1, -0.05) is 26.7 Å². The summed E-state index contributed by atoms with van der Waals surface area (Å²) in [6.45, 7) is 7.83. The molecule has 0 aromatic carbocycles. The summed E-state index contributed by atoms with van der Waals surface area (Å²) in [5.41, 5.74) is 7.64. The van der Waals surface area contributed by atoms with E-state index >= 15 is 0 Å². The van der Waals surface area contributed by atoms with Crippen molar-refractivity contribution in [1.82, 2.24) is 0 Å². The van der Waals surface area contributed by atoms with Crippen LogP contribution in [0.1, 0.15) is 33.1 Å². The summed E-state index contributed by atoms with van der Waals surface area (Å²) in [5.74, 6) is 0.839. The Morgan fingerprint density at radius 3 is 2.31 bits per heavy atom. The van der Waals surface area contributed by atoms with Crippen molar-refractivity contribution in [2.75, 3.05) is 0 Å². The standard InChI is InChI=1S/C11H19NO.CH3.ClH.Pt/c1-7(2)11(13)9-4-5-10(12)8(3)6-9;;;/h7-10,12H,3-6H2,1-2H3;1H3;1H;/q-2;-1;;+1/p-1. The van der Waals surface area contributed by atoms with Crippen LogP contribution in [0, 0.1) is 32.1 Å². The monoisotopic (exact) mass is 426 g/mol. The van der Waals surface area contributed by atoms with Gasteiger partial charge in [0.1, 0.15) is 5.78 Å². The third kappa shape index (κ3) is 5.79. The molecule has 0 aromatic rings. The Bertz CT molecular complexity index is 199. The van der Waals surface area contributed by atoms with Crippen molar-refractivity contribution in [2.45, 2.75) is 39.2 Å². The predicted octanol–water partition coefficient (Wildman–Crippen LogP) is 4.02. The molecule has 3 atom stereocenters. The van der Waals surface area contributed by atoms with Gasteiger partial charge in [-0.15, -0.1) is 0 Å². The molecule has 1 aliphatic carbocycles. The molecule has 0 saturated heterocycles. The van der Waals surface area contributed by atoms with Gasteiger partial charge in [0.15, 0.2) is 0 Å². The van der Waals surface area contributed by atoms with E-state index in [-0.39, 0.29) is 31.2 Å². The predicted molar refractivity (Wildman–Crippen MR) is 66.4 cm³/mol. The van der Waals surface area contributed by atoms with Gasteiger partial charge in [0, 0.05) is 11.8 Å². The average molecular weight is 427 g/mol. The van der Waals surface area contributed by atoms with Crippen molar-refractivity contribution < 1.29 is 23.6 Å². The fraction of sp³-hybridized carbons (Fsp3) is 0.750. The van der Waals surface area contributed by atoms with Crippen LogP contribution in [0.4, 0.5) is 0 Å². The van der Waals surface area contributed by atoms with Crippen LogP contribution in [0.15, 0.2) is 0 Å². The maximum absolute atomic E-state index is 11.7. The van der Waals surface area contributed by atoms with Gasteiger partial charge in [-0.05, 0) is 6.42 Å². The maximum atomic E-state index is 11.7. The summed E-state index contributed by atoms with van der Waals surface area (Å²) < 4.78 is 0. The summed E-state index contributed by atoms with van der Waals surface area (Å²) in [4.78, 5) is 11.7. The van der Waals surface area contributed by atoms with Gasteiger partial charge in [-0.2, -0.15) is 12.0 Å². The van der Waals surface area contributed by atoms with E-state index in [0.29, 0.717) is 5.78 Å². The molecule has 16 heavy (non-hydrogen) atoms. The van der Waals surface area contributed by atoms with Crippen LogP contribution >= 0.6 is 9.42 Å². The minimum atomic E-state index is -0.0452. The van der Waals surface area contributed by atoms with E-state index in [1.165, 1.54) is 0 Å². The Morgan fingerprint density at radius 2 is 1.94 bits per heavy atom. The molecule has 0 bridgehead atoms. The molecule has 1 rings (SSSR count). The summed E-state index contributed by atoms with van der Waals surface area (Å²) >= 11 is 1.61. The Kier molecular flexibility index (Phi) is 11.4. The quantitative estimate of drug-likeness (QED) is 0.615. The molecule has 1 fully saturated rings. The molecule has 1 N–H and O–H groups in total. The van der Waals surface area contributed by atoms with E-state index in [1.54, 1.807) is 18.8 Å². The fourth-order valence-electron chi connectivity index (χ4n) is 1.99. The van der Waals surface area contributed by atoms with Crippen LogP contribution in [0.2, 0.25) is 0 Å². The van der Waals surface area contributed by atoms with E-state index in [4.69, 9.17) is 5.73 Å². The molecule has 0 heterocycles. The van der Waals surface area contributed by atoms with Gasteiger partial charge < -0.3 is 20.1 Å². The summed E-state index contributed by atoms with van der Waals surface area (Å²) in [5, 5.41) is 0. The number of hydrogen-bond acceptors (Lipinski definition) is 1. The second-order valence-corrected chi connectivity index (χ2v) is 4.43. The van der Waals surface area contributed by atoms with E-state index in [1.807, 2.05) is 13.8 Å². The molecule has 0 spiro atoms. The second kappa shape index (κ2) is 9.62. The van der Waals surface area contributed by atoms with Gasteiger partial charge in [0.2, 0.25) is 0 Å². The van der Waals surface area contributed by atoms with E-state index in [9.17, 15) is 4.79 Å². The summed E-state index contributed by atoms with van der Waals surface area (Å²) in [6, 6.07) is -0.0452. The molecule has 0 radical (unpaired) electrons. The van der Waals surface area contributed by atoms with Gasteiger partial charge in [-0.3, -0.25) is 4.79 Å². The van der Waals surface area contributed by atoms with Crippen molar-refractivity contribution in [1.29, 1.82) is 0 Å². The first-order valence-corrected chi connectivity index (χ1v) is 8.03. The minimum absolute atomic E-state index is 0. The van der Waals surface area contributed by atoms with Crippen molar-refractivity contribution in [3.63, 3.8) is 0 Å². The number of carbonyl (C=O) groups is 1. The first kappa shape index (κ1) is 19.0. The van der Waals surface area contributed by atoms with Crippen LogP contribution in [0.5, 0.6) is 0 Å². The van der Waals surface area contributed by atoms with Gasteiger partial charge in [0.05, 0.1) is 0 Å². The zero-order valence-electron chi connectivity index (χ0n) is 10.2. The number of ketones is 1. The van der Waals surface area contributed by atoms with Crippen LogP contribution in [0.25, 0.3) is 5.73 Å². The molecule has 0 aromatic heterocycles. The van der Waals surface area contributed by atoms with E-state index in [2.05, 4.69) is 16.3 Å². The van der Waals surface area contributed by atoms with Crippen LogP contribution < -0.4 is 0 Å². The first-order chi connectivity index (χ1) is 7.02. The number of Topliss-reactive ketones (excluding diaryl/α,β-unsaturated/α-hetero) is 1. The number of carbonyl (C=O) groups excluding carboxylic acids is 1. The van der Waals surface area contributed by atoms with Crippen LogP contribution in [0.3, 0.4) is 0 Å². The molecule has 2 nitrogen and oxygen atoms in total. The van der Waals surface area contributed by atoms with Crippen molar-refractivity contribution in [3.05, 3.63) is 20.1 Å². The molecule has 0 amide bonds. The molecule has 101 valence electrons. The van der Waals surface area contributed by atoms with E-state index < -0.39 is 0 Å². The third-order valence-electron chi connectivity index (χ3n) is 2.95. The first-order valence-electron chi connectivity index (χ1n) is 5.22. The SMILES string of the molecule is [CH2-]C1CC(C(=O)C(C)C)CCC1[NH-].[CH3-].[Cl][Pt]. The zero-order chi connectivity index (χ0) is 12.0. The second-order valence-electron chi connectivity index (χ2n) is 4.43. The number of hydrogen-bond donors (Lipinski definition) is 0. The normalized spacial score (nSPS) is 28.9. The van der Waals surface area contributed by atoms with Gasteiger partial charge >= 0.3 is 28.2 Å². The van der Waals surface area contributed by atoms with Gasteiger partial charge in [-0.25, -0.2) is 0 Å². The molecule has 3 unspecified atom stereocenters. The third-order valence-corrected chi connectivity index (χ3v) is 2.95.